The van der Waals surface area contributed by atoms with E-state index < -0.39 is 0 Å². The van der Waals surface area contributed by atoms with Crippen LogP contribution in [0.2, 0.25) is 0 Å². The van der Waals surface area contributed by atoms with Crippen molar-refractivity contribution in [3.8, 4) is 0 Å². The average Bonchev–Trinajstić information content (AvgIpc) is 2.06. The molecule has 1 fully saturated rings. The van der Waals surface area contributed by atoms with E-state index in [2.05, 4.69) is 13.0 Å². The molecule has 0 aliphatic heterocycles. The lowest BCUT2D eigenvalue weighted by Crippen LogP contribution is -2.17. The van der Waals surface area contributed by atoms with E-state index in [4.69, 9.17) is 4.74 Å². The third kappa shape index (κ3) is 2.33. The molecule has 0 aromatic rings. The summed E-state index contributed by atoms with van der Waals surface area (Å²) >= 11 is 0. The number of allylic oxidation sites excluding steroid dienone is 1. The highest BCUT2D eigenvalue weighted by atomic mass is 16.5. The van der Waals surface area contributed by atoms with Gasteiger partial charge in [0.15, 0.2) is 0 Å². The van der Waals surface area contributed by atoms with Gasteiger partial charge in [0.25, 0.3) is 0 Å². The molecule has 0 heterocycles. The normalized spacial score (nSPS) is 29.3. The van der Waals surface area contributed by atoms with Crippen molar-refractivity contribution in [1.82, 2.24) is 0 Å². The zero-order valence-electron chi connectivity index (χ0n) is 7.60. The third-order valence-electron chi connectivity index (χ3n) is 2.35. The predicted molar refractivity (Wildman–Crippen MR) is 47.6 cm³/mol. The van der Waals surface area contributed by atoms with Crippen LogP contribution in [-0.2, 0) is 4.74 Å². The van der Waals surface area contributed by atoms with Crippen LogP contribution in [0.3, 0.4) is 0 Å². The van der Waals surface area contributed by atoms with Crippen molar-refractivity contribution in [1.29, 1.82) is 0 Å². The molecule has 0 bridgehead atoms. The summed E-state index contributed by atoms with van der Waals surface area (Å²) in [6, 6.07) is 0. The highest BCUT2D eigenvalue weighted by Gasteiger charge is 2.16. The summed E-state index contributed by atoms with van der Waals surface area (Å²) < 4.78 is 5.39. The minimum absolute atomic E-state index is 0.434. The summed E-state index contributed by atoms with van der Waals surface area (Å²) in [7, 11) is 1.82. The quantitative estimate of drug-likeness (QED) is 0.556. The molecule has 1 aliphatic carbocycles. The number of hydrogen-bond acceptors (Lipinski definition) is 1. The van der Waals surface area contributed by atoms with Crippen molar-refractivity contribution in [2.24, 2.45) is 0 Å². The van der Waals surface area contributed by atoms with Crippen LogP contribution in [0.15, 0.2) is 11.6 Å². The summed E-state index contributed by atoms with van der Waals surface area (Å²) in [4.78, 5) is 0. The number of methoxy groups -OCH3 is 1. The molecule has 11 heavy (non-hydrogen) atoms. The van der Waals surface area contributed by atoms with E-state index >= 15 is 0 Å². The molecule has 1 heteroatoms. The molecule has 0 aromatic heterocycles. The number of hydrogen-bond donors (Lipinski definition) is 0. The van der Waals surface area contributed by atoms with Crippen LogP contribution < -0.4 is 0 Å². The molecular weight excluding hydrogens is 136 g/mol. The first-order valence-corrected chi connectivity index (χ1v) is 4.60. The minimum Gasteiger partial charge on any atom is -0.377 e. The molecule has 1 saturated carbocycles. The fraction of sp³-hybridized carbons (Fsp3) is 0.800. The Morgan fingerprint density at radius 2 is 2.36 bits per heavy atom. The lowest BCUT2D eigenvalue weighted by Gasteiger charge is -2.23. The molecule has 1 nitrogen and oxygen atoms in total. The van der Waals surface area contributed by atoms with E-state index in [-0.39, 0.29) is 0 Å². The second-order valence-electron chi connectivity index (χ2n) is 3.16. The van der Waals surface area contributed by atoms with Crippen molar-refractivity contribution in [2.45, 2.75) is 45.1 Å². The van der Waals surface area contributed by atoms with Crippen LogP contribution in [0.4, 0.5) is 0 Å². The predicted octanol–water partition coefficient (Wildman–Crippen LogP) is 2.91. The van der Waals surface area contributed by atoms with Crippen LogP contribution in [0.25, 0.3) is 0 Å². The molecule has 0 N–H and O–H groups in total. The smallest absolute Gasteiger partial charge is 0.0781 e. The SMILES string of the molecule is CC/C=C1/CCCCC1OC. The fourth-order valence-electron chi connectivity index (χ4n) is 1.77. The summed E-state index contributed by atoms with van der Waals surface area (Å²) in [6.07, 6.45) is 9.08. The minimum atomic E-state index is 0.434. The standard InChI is InChI=1S/C10H18O/c1-3-6-9-7-4-5-8-10(9)11-2/h6,10H,3-5,7-8H2,1-2H3/b9-6-. The molecule has 1 aliphatic rings. The van der Waals surface area contributed by atoms with Crippen LogP contribution in [0.1, 0.15) is 39.0 Å². The Morgan fingerprint density at radius 1 is 1.55 bits per heavy atom. The molecule has 0 radical (unpaired) electrons. The lowest BCUT2D eigenvalue weighted by atomic mass is 9.91. The molecule has 64 valence electrons. The first-order valence-electron chi connectivity index (χ1n) is 4.60. The summed E-state index contributed by atoms with van der Waals surface area (Å²) in [5.74, 6) is 0. The van der Waals surface area contributed by atoms with Gasteiger partial charge in [0.2, 0.25) is 0 Å². The highest BCUT2D eigenvalue weighted by molar-refractivity contribution is 5.10. The van der Waals surface area contributed by atoms with Gasteiger partial charge in [-0.3, -0.25) is 0 Å². The van der Waals surface area contributed by atoms with Gasteiger partial charge >= 0.3 is 0 Å². The van der Waals surface area contributed by atoms with Crippen molar-refractivity contribution in [3.05, 3.63) is 11.6 Å². The summed E-state index contributed by atoms with van der Waals surface area (Å²) in [5.41, 5.74) is 1.53. The van der Waals surface area contributed by atoms with Gasteiger partial charge in [-0.25, -0.2) is 0 Å². The third-order valence-corrected chi connectivity index (χ3v) is 2.35. The summed E-state index contributed by atoms with van der Waals surface area (Å²) in [6.45, 7) is 2.19. The van der Waals surface area contributed by atoms with Crippen LogP contribution in [-0.4, -0.2) is 13.2 Å². The van der Waals surface area contributed by atoms with Gasteiger partial charge in [-0.15, -0.1) is 0 Å². The molecule has 1 atom stereocenters. The van der Waals surface area contributed by atoms with Crippen LogP contribution >= 0.6 is 0 Å². The van der Waals surface area contributed by atoms with E-state index in [0.29, 0.717) is 6.10 Å². The molecule has 1 rings (SSSR count). The first-order chi connectivity index (χ1) is 5.38. The zero-order valence-corrected chi connectivity index (χ0v) is 7.60. The Labute approximate surface area is 69.4 Å². The maximum atomic E-state index is 5.39. The Hall–Kier alpha value is -0.300. The van der Waals surface area contributed by atoms with Gasteiger partial charge in [0.05, 0.1) is 6.10 Å². The Morgan fingerprint density at radius 3 is 3.00 bits per heavy atom. The largest absolute Gasteiger partial charge is 0.377 e. The van der Waals surface area contributed by atoms with Gasteiger partial charge in [-0.1, -0.05) is 19.4 Å². The van der Waals surface area contributed by atoms with E-state index in [0.717, 1.165) is 6.42 Å². The molecule has 0 saturated heterocycles. The maximum absolute atomic E-state index is 5.39. The van der Waals surface area contributed by atoms with Gasteiger partial charge < -0.3 is 4.74 Å². The van der Waals surface area contributed by atoms with Crippen molar-refractivity contribution >= 4 is 0 Å². The Bertz CT molecular complexity index is 138. The second kappa shape index (κ2) is 4.55. The highest BCUT2D eigenvalue weighted by Crippen LogP contribution is 2.25. The molecule has 0 spiro atoms. The Kier molecular flexibility index (Phi) is 3.64. The van der Waals surface area contributed by atoms with Crippen LogP contribution in [0.5, 0.6) is 0 Å². The Balaban J connectivity index is 2.51. The van der Waals surface area contributed by atoms with Gasteiger partial charge in [-0.05, 0) is 31.3 Å². The molecular formula is C10H18O. The topological polar surface area (TPSA) is 9.23 Å². The summed E-state index contributed by atoms with van der Waals surface area (Å²) in [5, 5.41) is 0. The van der Waals surface area contributed by atoms with E-state index in [1.807, 2.05) is 7.11 Å². The second-order valence-corrected chi connectivity index (χ2v) is 3.16. The van der Waals surface area contributed by atoms with Crippen LogP contribution in [0, 0.1) is 0 Å². The average molecular weight is 154 g/mol. The first kappa shape index (κ1) is 8.79. The molecule has 0 amide bonds. The maximum Gasteiger partial charge on any atom is 0.0781 e. The van der Waals surface area contributed by atoms with Crippen molar-refractivity contribution < 1.29 is 4.74 Å². The number of ether oxygens (including phenoxy) is 1. The molecule has 0 aromatic carbocycles. The van der Waals surface area contributed by atoms with Gasteiger partial charge in [-0.2, -0.15) is 0 Å². The number of rotatable bonds is 2. The van der Waals surface area contributed by atoms with Gasteiger partial charge in [0.1, 0.15) is 0 Å². The molecule has 1 unspecified atom stereocenters. The van der Waals surface area contributed by atoms with E-state index in [1.54, 1.807) is 0 Å². The zero-order chi connectivity index (χ0) is 8.10. The monoisotopic (exact) mass is 154 g/mol. The van der Waals surface area contributed by atoms with E-state index in [9.17, 15) is 0 Å². The fourth-order valence-corrected chi connectivity index (χ4v) is 1.77. The van der Waals surface area contributed by atoms with Crippen molar-refractivity contribution in [3.63, 3.8) is 0 Å². The van der Waals surface area contributed by atoms with Crippen molar-refractivity contribution in [2.75, 3.05) is 7.11 Å². The van der Waals surface area contributed by atoms with E-state index in [1.165, 1.54) is 31.3 Å². The lowest BCUT2D eigenvalue weighted by molar-refractivity contribution is 0.109. The van der Waals surface area contributed by atoms with Gasteiger partial charge in [0, 0.05) is 7.11 Å².